The van der Waals surface area contributed by atoms with Gasteiger partial charge in [-0.15, -0.1) is 0 Å². The summed E-state index contributed by atoms with van der Waals surface area (Å²) in [6.07, 6.45) is 6.84. The van der Waals surface area contributed by atoms with E-state index in [0.29, 0.717) is 6.42 Å². The molecule has 0 fully saturated rings. The van der Waals surface area contributed by atoms with Crippen LogP contribution in [-0.4, -0.2) is 15.4 Å². The van der Waals surface area contributed by atoms with Crippen LogP contribution in [0.1, 0.15) is 48.0 Å². The molecule has 18 heavy (non-hydrogen) atoms. The van der Waals surface area contributed by atoms with E-state index in [-0.39, 0.29) is 10.8 Å². The van der Waals surface area contributed by atoms with Crippen molar-refractivity contribution in [3.8, 4) is 0 Å². The molecule has 0 radical (unpaired) electrons. The van der Waals surface area contributed by atoms with E-state index in [1.165, 1.54) is 5.57 Å². The molecular formula is C14H25O3P. The predicted octanol–water partition coefficient (Wildman–Crippen LogP) is 3.93. The molecule has 0 saturated heterocycles. The van der Waals surface area contributed by atoms with Crippen LogP contribution in [0.15, 0.2) is 23.8 Å². The highest BCUT2D eigenvalue weighted by Gasteiger charge is 2.43. The Morgan fingerprint density at radius 2 is 1.72 bits per heavy atom. The zero-order valence-electron chi connectivity index (χ0n) is 12.2. The fraction of sp³-hybridized carbons (Fsp3) is 0.714. The van der Waals surface area contributed by atoms with Gasteiger partial charge in [-0.1, -0.05) is 59.8 Å². The third-order valence-electron chi connectivity index (χ3n) is 3.54. The van der Waals surface area contributed by atoms with E-state index in [9.17, 15) is 9.79 Å². The highest BCUT2D eigenvalue weighted by atomic mass is 31.2. The van der Waals surface area contributed by atoms with Crippen LogP contribution in [0.2, 0.25) is 0 Å². The maximum absolute atomic E-state index is 9.20. The van der Waals surface area contributed by atoms with Crippen molar-refractivity contribution in [2.75, 3.05) is 0 Å². The van der Waals surface area contributed by atoms with Gasteiger partial charge in [-0.2, -0.15) is 0 Å². The molecule has 3 nitrogen and oxygen atoms in total. The van der Waals surface area contributed by atoms with Crippen LogP contribution in [0.3, 0.4) is 0 Å². The summed E-state index contributed by atoms with van der Waals surface area (Å²) in [5, 5.41) is 0. The smallest absolute Gasteiger partial charge is 0.327 e. The van der Waals surface area contributed by atoms with E-state index < -0.39 is 14.2 Å². The van der Waals surface area contributed by atoms with E-state index in [1.807, 2.05) is 32.9 Å². The Bertz CT molecular complexity index is 358. The second kappa shape index (κ2) is 5.05. The molecule has 0 aromatic rings. The fourth-order valence-electron chi connectivity index (χ4n) is 2.08. The van der Waals surface area contributed by atoms with Gasteiger partial charge in [-0.05, 0) is 22.8 Å². The van der Waals surface area contributed by atoms with Gasteiger partial charge in [0.2, 0.25) is 0 Å². The summed E-state index contributed by atoms with van der Waals surface area (Å²) in [6, 6.07) is 0. The Morgan fingerprint density at radius 3 is 2.00 bits per heavy atom. The minimum absolute atomic E-state index is 0.101. The summed E-state index contributed by atoms with van der Waals surface area (Å²) in [5.74, 6) is 0. The van der Waals surface area contributed by atoms with Crippen molar-refractivity contribution in [3.05, 3.63) is 23.8 Å². The zero-order valence-corrected chi connectivity index (χ0v) is 13.1. The quantitative estimate of drug-likeness (QED) is 0.749. The standard InChI is InChI=1S/C14H25O3P/c1-12(2,3)11-7-9-14(10-8-11,13(4,5)6)17-18(15)16/h7-9,15-16H,10H2,1-6H3. The van der Waals surface area contributed by atoms with Gasteiger partial charge >= 0.3 is 8.60 Å². The molecule has 2 N–H and O–H groups in total. The van der Waals surface area contributed by atoms with Crippen molar-refractivity contribution in [2.45, 2.75) is 53.6 Å². The van der Waals surface area contributed by atoms with Crippen LogP contribution < -0.4 is 0 Å². The molecule has 0 aliphatic heterocycles. The molecule has 1 aliphatic rings. The predicted molar refractivity (Wildman–Crippen MR) is 75.9 cm³/mol. The first-order valence-corrected chi connectivity index (χ1v) is 7.41. The van der Waals surface area contributed by atoms with Crippen molar-refractivity contribution in [3.63, 3.8) is 0 Å². The Labute approximate surface area is 112 Å². The molecule has 1 rings (SSSR count). The third kappa shape index (κ3) is 3.42. The van der Waals surface area contributed by atoms with Gasteiger partial charge in [-0.3, -0.25) is 0 Å². The van der Waals surface area contributed by atoms with Gasteiger partial charge in [0, 0.05) is 0 Å². The molecule has 4 heteroatoms. The summed E-state index contributed by atoms with van der Waals surface area (Å²) >= 11 is 0. The molecule has 0 aromatic heterocycles. The minimum Gasteiger partial charge on any atom is -0.328 e. The normalized spacial score (nSPS) is 25.5. The van der Waals surface area contributed by atoms with Gasteiger partial charge in [0.05, 0.1) is 0 Å². The van der Waals surface area contributed by atoms with Crippen LogP contribution in [-0.2, 0) is 4.52 Å². The van der Waals surface area contributed by atoms with Crippen LogP contribution >= 0.6 is 8.60 Å². The second-order valence-electron chi connectivity index (χ2n) is 6.93. The average Bonchev–Trinajstić information content (AvgIpc) is 2.14. The van der Waals surface area contributed by atoms with E-state index in [1.54, 1.807) is 0 Å². The van der Waals surface area contributed by atoms with Crippen molar-refractivity contribution in [1.29, 1.82) is 0 Å². The van der Waals surface area contributed by atoms with Crippen LogP contribution in [0.5, 0.6) is 0 Å². The molecule has 1 unspecified atom stereocenters. The van der Waals surface area contributed by atoms with Crippen molar-refractivity contribution in [1.82, 2.24) is 0 Å². The minimum atomic E-state index is -2.36. The molecule has 1 atom stereocenters. The van der Waals surface area contributed by atoms with E-state index in [0.717, 1.165) is 0 Å². The first-order valence-electron chi connectivity index (χ1n) is 6.25. The Morgan fingerprint density at radius 1 is 1.17 bits per heavy atom. The topological polar surface area (TPSA) is 49.7 Å². The second-order valence-corrected chi connectivity index (χ2v) is 7.62. The average molecular weight is 272 g/mol. The van der Waals surface area contributed by atoms with E-state index in [2.05, 4.69) is 26.8 Å². The Balaban J connectivity index is 3.02. The Hall–Kier alpha value is -0.210. The van der Waals surface area contributed by atoms with Crippen LogP contribution in [0.25, 0.3) is 0 Å². The molecule has 1 aliphatic carbocycles. The lowest BCUT2D eigenvalue weighted by Gasteiger charge is -2.44. The molecule has 0 bridgehead atoms. The first kappa shape index (κ1) is 15.8. The highest BCUT2D eigenvalue weighted by Crippen LogP contribution is 2.48. The van der Waals surface area contributed by atoms with Gasteiger partial charge < -0.3 is 14.3 Å². The van der Waals surface area contributed by atoms with Gasteiger partial charge in [0.15, 0.2) is 0 Å². The van der Waals surface area contributed by atoms with E-state index in [4.69, 9.17) is 4.52 Å². The van der Waals surface area contributed by atoms with Gasteiger partial charge in [0.25, 0.3) is 0 Å². The van der Waals surface area contributed by atoms with Crippen molar-refractivity contribution < 1.29 is 14.3 Å². The maximum atomic E-state index is 9.20. The summed E-state index contributed by atoms with van der Waals surface area (Å²) in [7, 11) is -2.36. The summed E-state index contributed by atoms with van der Waals surface area (Å²) in [6.45, 7) is 12.6. The Kier molecular flexibility index (Phi) is 4.45. The lowest BCUT2D eigenvalue weighted by Crippen LogP contribution is -2.43. The number of allylic oxidation sites excluding steroid dienone is 2. The molecule has 0 aromatic carbocycles. The van der Waals surface area contributed by atoms with Crippen molar-refractivity contribution in [2.24, 2.45) is 10.8 Å². The SMILES string of the molecule is CC(C)(C)C1=CCC(OP(O)O)(C(C)(C)C)C=C1. The summed E-state index contributed by atoms with van der Waals surface area (Å²) in [5.41, 5.74) is 0.516. The van der Waals surface area contributed by atoms with Crippen LogP contribution in [0.4, 0.5) is 0 Å². The molecule has 0 amide bonds. The number of rotatable bonds is 2. The maximum Gasteiger partial charge on any atom is 0.327 e. The molecule has 0 spiro atoms. The largest absolute Gasteiger partial charge is 0.328 e. The molecule has 104 valence electrons. The number of hydrogen-bond donors (Lipinski definition) is 2. The molecule has 0 heterocycles. The summed E-state index contributed by atoms with van der Waals surface area (Å²) < 4.78 is 5.45. The van der Waals surface area contributed by atoms with Gasteiger partial charge in [-0.25, -0.2) is 0 Å². The van der Waals surface area contributed by atoms with Gasteiger partial charge in [0.1, 0.15) is 5.60 Å². The van der Waals surface area contributed by atoms with E-state index >= 15 is 0 Å². The fourth-order valence-corrected chi connectivity index (χ4v) is 2.79. The lowest BCUT2D eigenvalue weighted by molar-refractivity contribution is 0.00230. The van der Waals surface area contributed by atoms with Crippen molar-refractivity contribution >= 4 is 8.60 Å². The summed E-state index contributed by atoms with van der Waals surface area (Å²) in [4.78, 5) is 18.4. The molecular weight excluding hydrogens is 247 g/mol. The highest BCUT2D eigenvalue weighted by molar-refractivity contribution is 7.39. The number of hydrogen-bond acceptors (Lipinski definition) is 3. The third-order valence-corrected chi connectivity index (χ3v) is 4.03. The first-order chi connectivity index (χ1) is 7.98. The zero-order chi connectivity index (χ0) is 14.2. The lowest BCUT2D eigenvalue weighted by atomic mass is 9.70. The molecule has 0 saturated carbocycles. The monoisotopic (exact) mass is 272 g/mol. The van der Waals surface area contributed by atoms with Crippen LogP contribution in [0, 0.1) is 10.8 Å².